The van der Waals surface area contributed by atoms with Gasteiger partial charge in [-0.1, -0.05) is 6.92 Å². The third kappa shape index (κ3) is 2.76. The van der Waals surface area contributed by atoms with Crippen molar-refractivity contribution in [2.75, 3.05) is 20.1 Å². The molecule has 1 atom stereocenters. The SMILES string of the molecule is CCC(C)(C)OC1CCN(C)C1. The van der Waals surface area contributed by atoms with Gasteiger partial charge in [0.2, 0.25) is 0 Å². The Morgan fingerprint density at radius 1 is 1.50 bits per heavy atom. The molecule has 1 unspecified atom stereocenters. The number of nitrogens with zero attached hydrogens (tertiary/aromatic N) is 1. The molecular formula is C10H21NO. The second-order valence-electron chi connectivity index (χ2n) is 4.40. The van der Waals surface area contributed by atoms with Crippen LogP contribution in [0.4, 0.5) is 0 Å². The molecule has 12 heavy (non-hydrogen) atoms. The van der Waals surface area contributed by atoms with Crippen molar-refractivity contribution in [3.8, 4) is 0 Å². The Hall–Kier alpha value is -0.0800. The van der Waals surface area contributed by atoms with Gasteiger partial charge in [0.1, 0.15) is 0 Å². The smallest absolute Gasteiger partial charge is 0.0721 e. The molecule has 1 heterocycles. The summed E-state index contributed by atoms with van der Waals surface area (Å²) >= 11 is 0. The van der Waals surface area contributed by atoms with Gasteiger partial charge in [-0.25, -0.2) is 0 Å². The highest BCUT2D eigenvalue weighted by Crippen LogP contribution is 2.21. The lowest BCUT2D eigenvalue weighted by Gasteiger charge is -2.27. The zero-order valence-electron chi connectivity index (χ0n) is 8.76. The molecule has 2 nitrogen and oxygen atoms in total. The van der Waals surface area contributed by atoms with E-state index in [4.69, 9.17) is 4.74 Å². The first-order chi connectivity index (χ1) is 5.53. The van der Waals surface area contributed by atoms with Crippen molar-refractivity contribution in [3.05, 3.63) is 0 Å². The molecule has 1 aliphatic heterocycles. The molecule has 0 amide bonds. The Labute approximate surface area is 75.9 Å². The number of likely N-dealkylation sites (tertiary alicyclic amines) is 1. The third-order valence-electron chi connectivity index (χ3n) is 2.69. The van der Waals surface area contributed by atoms with E-state index in [9.17, 15) is 0 Å². The zero-order valence-corrected chi connectivity index (χ0v) is 8.76. The van der Waals surface area contributed by atoms with Gasteiger partial charge in [0.05, 0.1) is 11.7 Å². The van der Waals surface area contributed by atoms with Gasteiger partial charge in [0.25, 0.3) is 0 Å². The van der Waals surface area contributed by atoms with Crippen LogP contribution in [0, 0.1) is 0 Å². The van der Waals surface area contributed by atoms with Crippen LogP contribution in [0.3, 0.4) is 0 Å². The van der Waals surface area contributed by atoms with Crippen LogP contribution in [-0.2, 0) is 4.74 Å². The highest BCUT2D eigenvalue weighted by Gasteiger charge is 2.26. The van der Waals surface area contributed by atoms with Gasteiger partial charge in [0.15, 0.2) is 0 Å². The summed E-state index contributed by atoms with van der Waals surface area (Å²) in [5.41, 5.74) is 0.0653. The average Bonchev–Trinajstić information content (AvgIpc) is 2.35. The Balaban J connectivity index is 2.32. The Kier molecular flexibility index (Phi) is 3.13. The minimum Gasteiger partial charge on any atom is -0.371 e. The lowest BCUT2D eigenvalue weighted by Crippen LogP contribution is -2.31. The molecule has 72 valence electrons. The number of rotatable bonds is 3. The van der Waals surface area contributed by atoms with Crippen molar-refractivity contribution in [2.45, 2.75) is 45.3 Å². The second kappa shape index (κ2) is 3.75. The number of hydrogen-bond donors (Lipinski definition) is 0. The van der Waals surface area contributed by atoms with Crippen LogP contribution in [0.2, 0.25) is 0 Å². The van der Waals surface area contributed by atoms with Crippen molar-refractivity contribution in [1.82, 2.24) is 4.90 Å². The van der Waals surface area contributed by atoms with Crippen LogP contribution in [0.15, 0.2) is 0 Å². The molecule has 0 N–H and O–H groups in total. The molecule has 0 spiro atoms. The zero-order chi connectivity index (χ0) is 9.19. The molecule has 1 aliphatic rings. The van der Waals surface area contributed by atoms with E-state index >= 15 is 0 Å². The predicted octanol–water partition coefficient (Wildman–Crippen LogP) is 1.90. The number of likely N-dealkylation sites (N-methyl/N-ethyl adjacent to an activating group) is 1. The van der Waals surface area contributed by atoms with Crippen LogP contribution in [-0.4, -0.2) is 36.7 Å². The topological polar surface area (TPSA) is 12.5 Å². The highest BCUT2D eigenvalue weighted by molar-refractivity contribution is 4.77. The first-order valence-electron chi connectivity index (χ1n) is 4.90. The van der Waals surface area contributed by atoms with Crippen molar-refractivity contribution >= 4 is 0 Å². The normalized spacial score (nSPS) is 26.5. The van der Waals surface area contributed by atoms with Crippen molar-refractivity contribution < 1.29 is 4.74 Å². The monoisotopic (exact) mass is 171 g/mol. The Bertz CT molecular complexity index is 145. The lowest BCUT2D eigenvalue weighted by molar-refractivity contribution is -0.0672. The van der Waals surface area contributed by atoms with Crippen molar-refractivity contribution in [2.24, 2.45) is 0 Å². The number of ether oxygens (including phenoxy) is 1. The van der Waals surface area contributed by atoms with Gasteiger partial charge in [-0.15, -0.1) is 0 Å². The van der Waals surface area contributed by atoms with Gasteiger partial charge < -0.3 is 9.64 Å². The van der Waals surface area contributed by atoms with E-state index in [1.165, 1.54) is 13.0 Å². The van der Waals surface area contributed by atoms with Gasteiger partial charge >= 0.3 is 0 Å². The Morgan fingerprint density at radius 3 is 2.58 bits per heavy atom. The summed E-state index contributed by atoms with van der Waals surface area (Å²) in [6.45, 7) is 8.81. The standard InChI is InChI=1S/C10H21NO/c1-5-10(2,3)12-9-6-7-11(4)8-9/h9H,5-8H2,1-4H3. The molecule has 1 rings (SSSR count). The maximum Gasteiger partial charge on any atom is 0.0721 e. The van der Waals surface area contributed by atoms with E-state index in [0.717, 1.165) is 13.0 Å². The van der Waals surface area contributed by atoms with Crippen LogP contribution in [0.1, 0.15) is 33.6 Å². The lowest BCUT2D eigenvalue weighted by atomic mass is 10.1. The van der Waals surface area contributed by atoms with E-state index in [1.54, 1.807) is 0 Å². The molecule has 0 aliphatic carbocycles. The molecule has 0 saturated carbocycles. The van der Waals surface area contributed by atoms with Gasteiger partial charge in [-0.05, 0) is 33.7 Å². The fourth-order valence-corrected chi connectivity index (χ4v) is 1.53. The van der Waals surface area contributed by atoms with Crippen LogP contribution in [0.5, 0.6) is 0 Å². The molecule has 0 aromatic heterocycles. The van der Waals surface area contributed by atoms with Gasteiger partial charge in [0, 0.05) is 13.1 Å². The largest absolute Gasteiger partial charge is 0.371 e. The molecule has 0 radical (unpaired) electrons. The highest BCUT2D eigenvalue weighted by atomic mass is 16.5. The van der Waals surface area contributed by atoms with E-state index in [-0.39, 0.29) is 5.60 Å². The van der Waals surface area contributed by atoms with E-state index in [2.05, 4.69) is 32.7 Å². The maximum absolute atomic E-state index is 5.98. The van der Waals surface area contributed by atoms with Gasteiger partial charge in [-0.3, -0.25) is 0 Å². The molecule has 1 saturated heterocycles. The van der Waals surface area contributed by atoms with Gasteiger partial charge in [-0.2, -0.15) is 0 Å². The first kappa shape index (κ1) is 10.0. The molecule has 0 aromatic carbocycles. The summed E-state index contributed by atoms with van der Waals surface area (Å²) in [5, 5.41) is 0. The summed E-state index contributed by atoms with van der Waals surface area (Å²) in [7, 11) is 2.16. The van der Waals surface area contributed by atoms with Crippen LogP contribution in [0.25, 0.3) is 0 Å². The van der Waals surface area contributed by atoms with Crippen LogP contribution < -0.4 is 0 Å². The van der Waals surface area contributed by atoms with Crippen molar-refractivity contribution in [3.63, 3.8) is 0 Å². The maximum atomic E-state index is 5.98. The average molecular weight is 171 g/mol. The fourth-order valence-electron chi connectivity index (χ4n) is 1.53. The summed E-state index contributed by atoms with van der Waals surface area (Å²) in [6, 6.07) is 0. The fraction of sp³-hybridized carbons (Fsp3) is 1.00. The summed E-state index contributed by atoms with van der Waals surface area (Å²) < 4.78 is 5.98. The summed E-state index contributed by atoms with van der Waals surface area (Å²) in [6.07, 6.45) is 2.75. The molecule has 0 aromatic rings. The van der Waals surface area contributed by atoms with Crippen LogP contribution >= 0.6 is 0 Å². The van der Waals surface area contributed by atoms with E-state index in [1.807, 2.05) is 0 Å². The molecule has 0 bridgehead atoms. The first-order valence-corrected chi connectivity index (χ1v) is 4.90. The van der Waals surface area contributed by atoms with E-state index < -0.39 is 0 Å². The minimum atomic E-state index is 0.0653. The molecule has 1 fully saturated rings. The quantitative estimate of drug-likeness (QED) is 0.643. The Morgan fingerprint density at radius 2 is 2.17 bits per heavy atom. The number of hydrogen-bond acceptors (Lipinski definition) is 2. The van der Waals surface area contributed by atoms with Crippen molar-refractivity contribution in [1.29, 1.82) is 0 Å². The summed E-state index contributed by atoms with van der Waals surface area (Å²) in [5.74, 6) is 0. The summed E-state index contributed by atoms with van der Waals surface area (Å²) in [4.78, 5) is 2.33. The third-order valence-corrected chi connectivity index (χ3v) is 2.69. The molecule has 2 heteroatoms. The molecular weight excluding hydrogens is 150 g/mol. The van der Waals surface area contributed by atoms with E-state index in [0.29, 0.717) is 6.10 Å². The second-order valence-corrected chi connectivity index (χ2v) is 4.40. The predicted molar refractivity (Wildman–Crippen MR) is 51.4 cm³/mol. The minimum absolute atomic E-state index is 0.0653.